The van der Waals surface area contributed by atoms with E-state index in [9.17, 15) is 24.5 Å². The van der Waals surface area contributed by atoms with Gasteiger partial charge in [-0.05, 0) is 13.0 Å². The van der Waals surface area contributed by atoms with Crippen LogP contribution in [0.4, 0.5) is 4.79 Å². The Kier molecular flexibility index (Phi) is 12.2. The van der Waals surface area contributed by atoms with E-state index in [-0.39, 0.29) is 25.4 Å². The molecule has 29 heavy (non-hydrogen) atoms. The van der Waals surface area contributed by atoms with E-state index in [1.165, 1.54) is 30.9 Å². The number of hydrogen-bond acceptors (Lipinski definition) is 10. The van der Waals surface area contributed by atoms with Crippen LogP contribution in [0.2, 0.25) is 0 Å². The topological polar surface area (TPSA) is 190 Å². The quantitative estimate of drug-likeness (QED) is 0.109. The summed E-state index contributed by atoms with van der Waals surface area (Å²) in [7, 11) is 1.20. The Labute approximate surface area is 164 Å². The molecule has 0 unspecified atom stereocenters. The Morgan fingerprint density at radius 1 is 1.38 bits per heavy atom. The minimum atomic E-state index is -0.952. The van der Waals surface area contributed by atoms with Crippen LogP contribution in [0.15, 0.2) is 24.5 Å². The van der Waals surface area contributed by atoms with Gasteiger partial charge in [0.15, 0.2) is 12.4 Å². The number of aromatic nitrogens is 1. The lowest BCUT2D eigenvalue weighted by atomic mass is 10.2. The van der Waals surface area contributed by atoms with Gasteiger partial charge >= 0.3 is 12.1 Å². The fraction of sp³-hybridized carbons (Fsp3) is 0.400. The van der Waals surface area contributed by atoms with E-state index < -0.39 is 35.6 Å². The first kappa shape index (κ1) is 25.0. The van der Waals surface area contributed by atoms with Crippen LogP contribution in [0.1, 0.15) is 17.3 Å². The predicted octanol–water partition coefficient (Wildman–Crippen LogP) is -2.48. The van der Waals surface area contributed by atoms with Crippen LogP contribution in [-0.4, -0.2) is 55.8 Å². The number of hydrogen-bond donors (Lipinski definition) is 2. The maximum atomic E-state index is 11.9. The van der Waals surface area contributed by atoms with Crippen molar-refractivity contribution < 1.29 is 48.2 Å². The molecule has 14 nitrogen and oxygen atoms in total. The SMILES string of the molecule is COC(=O)[C@H](C)NC(=O)OC[n+]1cccc(C(=O)NCCO[N+](=O)[O-])c1.O=C[O-]. The lowest BCUT2D eigenvalue weighted by Gasteiger charge is -2.10. The third-order valence-corrected chi connectivity index (χ3v) is 2.94. The van der Waals surface area contributed by atoms with Crippen LogP contribution in [0.5, 0.6) is 0 Å². The summed E-state index contributed by atoms with van der Waals surface area (Å²) in [5.74, 6) is -1.09. The van der Waals surface area contributed by atoms with Crippen LogP contribution in [0.25, 0.3) is 0 Å². The van der Waals surface area contributed by atoms with E-state index in [1.807, 2.05) is 0 Å². The van der Waals surface area contributed by atoms with Gasteiger partial charge in [0.2, 0.25) is 0 Å². The minimum absolute atomic E-state index is 0.0426. The second kappa shape index (κ2) is 14.1. The standard InChI is InChI=1S/C14H18N4O8.CH2O2/c1-10(13(20)24-2)16-14(21)25-9-17-6-3-4-11(8-17)12(19)15-5-7-26-18(22)23;2-1-3/h3-4,6,8,10H,5,7,9H2,1-2H3,(H-,15,16,19,21);1H,(H,2,3)/t10-;/m0./s1. The highest BCUT2D eigenvalue weighted by molar-refractivity contribution is 5.93. The van der Waals surface area contributed by atoms with Gasteiger partial charge in [-0.1, -0.05) is 0 Å². The van der Waals surface area contributed by atoms with Gasteiger partial charge in [-0.2, -0.15) is 4.57 Å². The summed E-state index contributed by atoms with van der Waals surface area (Å²) in [6.45, 7) is 0.422. The zero-order valence-corrected chi connectivity index (χ0v) is 15.6. The molecule has 0 bridgehead atoms. The molecule has 0 spiro atoms. The summed E-state index contributed by atoms with van der Waals surface area (Å²) in [4.78, 5) is 57.0. The molecule has 14 heteroatoms. The van der Waals surface area contributed by atoms with Crippen molar-refractivity contribution in [2.45, 2.75) is 19.7 Å². The second-order valence-corrected chi connectivity index (χ2v) is 4.97. The number of ether oxygens (including phenoxy) is 2. The van der Waals surface area contributed by atoms with Crippen LogP contribution >= 0.6 is 0 Å². The summed E-state index contributed by atoms with van der Waals surface area (Å²) in [5.41, 5.74) is 0.251. The Morgan fingerprint density at radius 3 is 2.62 bits per heavy atom. The summed E-state index contributed by atoms with van der Waals surface area (Å²) in [6, 6.07) is 2.20. The van der Waals surface area contributed by atoms with Crippen molar-refractivity contribution >= 4 is 24.4 Å². The maximum Gasteiger partial charge on any atom is 0.412 e. The van der Waals surface area contributed by atoms with E-state index in [2.05, 4.69) is 20.2 Å². The Morgan fingerprint density at radius 2 is 2.03 bits per heavy atom. The second-order valence-electron chi connectivity index (χ2n) is 4.97. The van der Waals surface area contributed by atoms with Gasteiger partial charge < -0.3 is 34.8 Å². The van der Waals surface area contributed by atoms with Gasteiger partial charge in [0.05, 0.1) is 7.11 Å². The molecular formula is C15H20N4O10. The van der Waals surface area contributed by atoms with Gasteiger partial charge in [-0.3, -0.25) is 4.79 Å². The highest BCUT2D eigenvalue weighted by Gasteiger charge is 2.18. The first-order valence-corrected chi connectivity index (χ1v) is 7.86. The largest absolute Gasteiger partial charge is 0.554 e. The van der Waals surface area contributed by atoms with Crippen molar-refractivity contribution in [2.24, 2.45) is 0 Å². The summed E-state index contributed by atoms with van der Waals surface area (Å²) in [5, 5.41) is 22.0. The Balaban J connectivity index is 0.00000245. The van der Waals surface area contributed by atoms with Gasteiger partial charge in [0.25, 0.3) is 17.7 Å². The third kappa shape index (κ3) is 11.4. The number of nitrogens with one attached hydrogen (secondary N) is 2. The lowest BCUT2D eigenvalue weighted by molar-refractivity contribution is -0.757. The number of rotatable bonds is 9. The zero-order chi connectivity index (χ0) is 22.2. The molecule has 1 heterocycles. The van der Waals surface area contributed by atoms with Crippen molar-refractivity contribution in [3.8, 4) is 0 Å². The van der Waals surface area contributed by atoms with E-state index in [0.29, 0.717) is 0 Å². The number of carbonyl (C=O) groups is 4. The van der Waals surface area contributed by atoms with E-state index in [0.717, 1.165) is 0 Å². The molecule has 0 fully saturated rings. The number of carbonyl (C=O) groups excluding carboxylic acids is 4. The molecule has 160 valence electrons. The van der Waals surface area contributed by atoms with Crippen molar-refractivity contribution in [3.63, 3.8) is 0 Å². The van der Waals surface area contributed by atoms with Crippen LogP contribution in [0, 0.1) is 10.1 Å². The summed E-state index contributed by atoms with van der Waals surface area (Å²) in [6.07, 6.45) is 2.15. The van der Waals surface area contributed by atoms with Gasteiger partial charge in [-0.25, -0.2) is 9.59 Å². The molecule has 1 aromatic rings. The molecule has 0 aliphatic rings. The average molecular weight is 416 g/mol. The third-order valence-electron chi connectivity index (χ3n) is 2.94. The van der Waals surface area contributed by atoms with Crippen LogP contribution < -0.4 is 20.3 Å². The fourth-order valence-corrected chi connectivity index (χ4v) is 1.71. The molecule has 0 saturated heterocycles. The van der Waals surface area contributed by atoms with E-state index in [1.54, 1.807) is 12.3 Å². The molecule has 2 N–H and O–H groups in total. The zero-order valence-electron chi connectivity index (χ0n) is 15.6. The first-order chi connectivity index (χ1) is 13.7. The molecule has 0 aromatic carbocycles. The highest BCUT2D eigenvalue weighted by atomic mass is 16.9. The van der Waals surface area contributed by atoms with Crippen molar-refractivity contribution in [3.05, 3.63) is 40.2 Å². The average Bonchev–Trinajstić information content (AvgIpc) is 2.69. The molecule has 0 saturated carbocycles. The van der Waals surface area contributed by atoms with Crippen LogP contribution in [0.3, 0.4) is 0 Å². The number of methoxy groups -OCH3 is 1. The van der Waals surface area contributed by atoms with E-state index in [4.69, 9.17) is 14.6 Å². The molecule has 0 aliphatic carbocycles. The van der Waals surface area contributed by atoms with Crippen LogP contribution in [-0.2, 0) is 30.6 Å². The van der Waals surface area contributed by atoms with Crippen molar-refractivity contribution in [2.75, 3.05) is 20.3 Å². The maximum absolute atomic E-state index is 11.9. The number of nitrogens with zero attached hydrogens (tertiary/aromatic N) is 2. The Bertz CT molecular complexity index is 712. The minimum Gasteiger partial charge on any atom is -0.554 e. The predicted molar refractivity (Wildman–Crippen MR) is 89.1 cm³/mol. The normalized spacial score (nSPS) is 10.3. The van der Waals surface area contributed by atoms with Crippen molar-refractivity contribution in [1.29, 1.82) is 0 Å². The highest BCUT2D eigenvalue weighted by Crippen LogP contribution is 1.95. The van der Waals surface area contributed by atoms with Gasteiger partial charge in [0, 0.05) is 19.1 Å². The summed E-state index contributed by atoms with van der Waals surface area (Å²) < 4.78 is 10.8. The lowest BCUT2D eigenvalue weighted by Crippen LogP contribution is -2.43. The molecule has 2 amide bonds. The molecule has 1 rings (SSSR count). The van der Waals surface area contributed by atoms with Gasteiger partial charge in [-0.15, -0.1) is 10.1 Å². The first-order valence-electron chi connectivity index (χ1n) is 7.86. The molecule has 1 aromatic heterocycles. The smallest absolute Gasteiger partial charge is 0.412 e. The Hall–Kier alpha value is -3.97. The molecule has 1 atom stereocenters. The summed E-state index contributed by atoms with van der Waals surface area (Å²) >= 11 is 0. The number of carboxylic acid groups (broad SMARTS) is 1. The number of pyridine rings is 1. The molecular weight excluding hydrogens is 396 g/mol. The monoisotopic (exact) mass is 416 g/mol. The fourth-order valence-electron chi connectivity index (χ4n) is 1.71. The number of alkyl carbamates (subject to hydrolysis) is 1. The number of amides is 2. The number of esters is 1. The molecule has 0 radical (unpaired) electrons. The van der Waals surface area contributed by atoms with Gasteiger partial charge in [0.1, 0.15) is 18.2 Å². The molecule has 0 aliphatic heterocycles. The van der Waals surface area contributed by atoms with E-state index >= 15 is 0 Å². The van der Waals surface area contributed by atoms with Crippen molar-refractivity contribution in [1.82, 2.24) is 10.6 Å².